The molecule has 2 aromatic rings. The van der Waals surface area contributed by atoms with E-state index in [1.807, 2.05) is 37.3 Å². The maximum absolute atomic E-state index is 14.1. The summed E-state index contributed by atoms with van der Waals surface area (Å²) in [5.74, 6) is 2.17. The molecule has 2 aromatic carbocycles. The maximum atomic E-state index is 14.1. The van der Waals surface area contributed by atoms with E-state index in [9.17, 15) is 14.9 Å². The zero-order valence-corrected chi connectivity index (χ0v) is 18.3. The number of ketones is 1. The van der Waals surface area contributed by atoms with Gasteiger partial charge in [0.1, 0.15) is 17.3 Å². The summed E-state index contributed by atoms with van der Waals surface area (Å²) in [6, 6.07) is 17.1. The Kier molecular flexibility index (Phi) is 4.62. The number of allylic oxidation sites excluding steroid dienone is 1. The summed E-state index contributed by atoms with van der Waals surface area (Å²) in [7, 11) is 0. The predicted octanol–water partition coefficient (Wildman–Crippen LogP) is 3.43. The molecule has 0 unspecified atom stereocenters. The van der Waals surface area contributed by atoms with E-state index in [1.54, 1.807) is 23.1 Å². The summed E-state index contributed by atoms with van der Waals surface area (Å²) in [5, 5.41) is 10.4. The largest absolute Gasteiger partial charge is 0.384 e. The van der Waals surface area contributed by atoms with Crippen molar-refractivity contribution in [2.75, 3.05) is 16.3 Å². The van der Waals surface area contributed by atoms with Crippen LogP contribution in [0.1, 0.15) is 30.4 Å². The fourth-order valence-corrected chi connectivity index (χ4v) is 5.47. The van der Waals surface area contributed by atoms with Gasteiger partial charge in [0.15, 0.2) is 5.78 Å². The Morgan fingerprint density at radius 3 is 2.48 bits per heavy atom. The standard InChI is InChI=1S/C27H22N4O2/c1-3-15-30-21-12-7-5-10-18(21)27(26(30)33)19(16-28)25(29)31(20-11-6-4-9-17(20)2)22-13-8-14-23(32)24(22)27/h1,4-7,9-12H,8,13-15,29H2,2H3/t27-/m1/s1. The molecule has 0 radical (unpaired) electrons. The molecule has 5 rings (SSSR count). The molecule has 2 aliphatic heterocycles. The van der Waals surface area contributed by atoms with Crippen molar-refractivity contribution in [1.82, 2.24) is 0 Å². The minimum absolute atomic E-state index is 0.0362. The number of carbonyl (C=O) groups is 2. The Morgan fingerprint density at radius 2 is 1.79 bits per heavy atom. The Hall–Kier alpha value is -4.29. The van der Waals surface area contributed by atoms with Crippen LogP contribution < -0.4 is 15.5 Å². The smallest absolute Gasteiger partial charge is 0.248 e. The molecule has 33 heavy (non-hydrogen) atoms. The van der Waals surface area contributed by atoms with Crippen molar-refractivity contribution in [2.24, 2.45) is 5.73 Å². The third kappa shape index (κ3) is 2.55. The lowest BCUT2D eigenvalue weighted by atomic mass is 9.63. The molecule has 1 amide bonds. The second-order valence-corrected chi connectivity index (χ2v) is 8.45. The van der Waals surface area contributed by atoms with Gasteiger partial charge in [0.05, 0.1) is 17.8 Å². The van der Waals surface area contributed by atoms with Gasteiger partial charge in [-0.2, -0.15) is 5.26 Å². The highest BCUT2D eigenvalue weighted by Crippen LogP contribution is 2.56. The molecular formula is C27H22N4O2. The van der Waals surface area contributed by atoms with E-state index in [-0.39, 0.29) is 23.7 Å². The topological polar surface area (TPSA) is 90.4 Å². The second kappa shape index (κ2) is 7.39. The number of benzene rings is 2. The number of hydrogen-bond donors (Lipinski definition) is 1. The van der Waals surface area contributed by atoms with Crippen molar-refractivity contribution in [3.8, 4) is 18.4 Å². The van der Waals surface area contributed by atoms with Gasteiger partial charge in [0.2, 0.25) is 5.91 Å². The molecule has 3 aliphatic rings. The molecule has 6 nitrogen and oxygen atoms in total. The van der Waals surface area contributed by atoms with Crippen LogP contribution in [0.15, 0.2) is 71.2 Å². The van der Waals surface area contributed by atoms with E-state index >= 15 is 0 Å². The van der Waals surface area contributed by atoms with Crippen LogP contribution in [0.25, 0.3) is 0 Å². The summed E-state index contributed by atoms with van der Waals surface area (Å²) in [4.78, 5) is 31.0. The van der Waals surface area contributed by atoms with Gasteiger partial charge in [-0.1, -0.05) is 42.3 Å². The number of Topliss-reactive ketones (excluding diaryl/α,β-unsaturated/α-hetero) is 1. The van der Waals surface area contributed by atoms with E-state index < -0.39 is 11.3 Å². The van der Waals surface area contributed by atoms with E-state index in [1.165, 1.54) is 4.90 Å². The molecule has 1 aliphatic carbocycles. The van der Waals surface area contributed by atoms with Gasteiger partial charge in [-0.15, -0.1) is 6.42 Å². The SMILES string of the molecule is C#CCN1C(=O)[C@@]2(C(C#N)=C(N)N(c3ccccc3C)C3=C2C(=O)CCC3)c2ccccc21. The van der Waals surface area contributed by atoms with Crippen LogP contribution in [0.4, 0.5) is 11.4 Å². The van der Waals surface area contributed by atoms with Gasteiger partial charge in [-0.05, 0) is 37.5 Å². The number of nitriles is 1. The van der Waals surface area contributed by atoms with Crippen molar-refractivity contribution in [3.05, 3.63) is 82.3 Å². The van der Waals surface area contributed by atoms with E-state index in [0.717, 1.165) is 11.3 Å². The lowest BCUT2D eigenvalue weighted by Gasteiger charge is -2.44. The van der Waals surface area contributed by atoms with Crippen LogP contribution in [0.2, 0.25) is 0 Å². The minimum atomic E-state index is -1.59. The minimum Gasteiger partial charge on any atom is -0.384 e. The third-order valence-corrected chi connectivity index (χ3v) is 6.78. The van der Waals surface area contributed by atoms with Gasteiger partial charge >= 0.3 is 0 Å². The Balaban J connectivity index is 1.91. The first-order valence-corrected chi connectivity index (χ1v) is 10.9. The van der Waals surface area contributed by atoms with Crippen molar-refractivity contribution in [3.63, 3.8) is 0 Å². The average Bonchev–Trinajstić information content (AvgIpc) is 3.05. The number of carbonyl (C=O) groups excluding carboxylic acids is 2. The first-order valence-electron chi connectivity index (χ1n) is 10.9. The van der Waals surface area contributed by atoms with Crippen molar-refractivity contribution >= 4 is 23.1 Å². The van der Waals surface area contributed by atoms with Gasteiger partial charge in [-0.25, -0.2) is 0 Å². The molecule has 6 heteroatoms. The molecule has 0 saturated heterocycles. The van der Waals surface area contributed by atoms with Crippen LogP contribution in [0.3, 0.4) is 0 Å². The molecule has 162 valence electrons. The average molecular weight is 434 g/mol. The van der Waals surface area contributed by atoms with Crippen LogP contribution >= 0.6 is 0 Å². The summed E-state index contributed by atoms with van der Waals surface area (Å²) in [6.45, 7) is 1.99. The fourth-order valence-electron chi connectivity index (χ4n) is 5.47. The quantitative estimate of drug-likeness (QED) is 0.732. The molecular weight excluding hydrogens is 412 g/mol. The number of hydrogen-bond acceptors (Lipinski definition) is 5. The van der Waals surface area contributed by atoms with E-state index in [0.29, 0.717) is 41.8 Å². The Labute approximate surface area is 192 Å². The highest BCUT2D eigenvalue weighted by molar-refractivity contribution is 6.20. The monoisotopic (exact) mass is 434 g/mol. The van der Waals surface area contributed by atoms with Gasteiger partial charge < -0.3 is 5.73 Å². The highest BCUT2D eigenvalue weighted by atomic mass is 16.2. The van der Waals surface area contributed by atoms with Crippen molar-refractivity contribution in [1.29, 1.82) is 5.26 Å². The lowest BCUT2D eigenvalue weighted by molar-refractivity contribution is -0.124. The zero-order valence-electron chi connectivity index (χ0n) is 18.3. The Morgan fingerprint density at radius 1 is 1.09 bits per heavy atom. The lowest BCUT2D eigenvalue weighted by Crippen LogP contribution is -2.52. The Bertz CT molecular complexity index is 1370. The number of amides is 1. The molecule has 2 N–H and O–H groups in total. The predicted molar refractivity (Wildman–Crippen MR) is 126 cm³/mol. The van der Waals surface area contributed by atoms with Gasteiger partial charge in [0.25, 0.3) is 0 Å². The first-order chi connectivity index (χ1) is 16.0. The molecule has 1 spiro atoms. The van der Waals surface area contributed by atoms with Gasteiger partial charge in [0, 0.05) is 28.9 Å². The fraction of sp³-hybridized carbons (Fsp3) is 0.222. The van der Waals surface area contributed by atoms with Crippen LogP contribution in [0.5, 0.6) is 0 Å². The highest BCUT2D eigenvalue weighted by Gasteiger charge is 2.62. The number of rotatable bonds is 2. The van der Waals surface area contributed by atoms with Crippen LogP contribution in [0, 0.1) is 30.6 Å². The normalized spacial score (nSPS) is 21.8. The molecule has 2 heterocycles. The summed E-state index contributed by atoms with van der Waals surface area (Å²) < 4.78 is 0. The van der Waals surface area contributed by atoms with E-state index in [2.05, 4.69) is 12.0 Å². The molecule has 0 bridgehead atoms. The second-order valence-electron chi connectivity index (χ2n) is 8.45. The number of nitrogens with zero attached hydrogens (tertiary/aromatic N) is 3. The number of fused-ring (bicyclic) bond motifs is 3. The number of terminal acetylenes is 1. The van der Waals surface area contributed by atoms with E-state index in [4.69, 9.17) is 12.2 Å². The molecule has 1 atom stereocenters. The van der Waals surface area contributed by atoms with Crippen LogP contribution in [-0.2, 0) is 15.0 Å². The summed E-state index contributed by atoms with van der Waals surface area (Å²) >= 11 is 0. The molecule has 0 aromatic heterocycles. The molecule has 0 saturated carbocycles. The van der Waals surface area contributed by atoms with Gasteiger partial charge in [-0.3, -0.25) is 19.4 Å². The summed E-state index contributed by atoms with van der Waals surface area (Å²) in [6.07, 6.45) is 7.11. The maximum Gasteiger partial charge on any atom is 0.248 e. The third-order valence-electron chi connectivity index (χ3n) is 6.78. The number of anilines is 2. The van der Waals surface area contributed by atoms with Crippen LogP contribution in [-0.4, -0.2) is 18.2 Å². The number of aryl methyl sites for hydroxylation is 1. The van der Waals surface area contributed by atoms with Crippen molar-refractivity contribution < 1.29 is 9.59 Å². The summed E-state index contributed by atoms with van der Waals surface area (Å²) in [5.41, 5.74) is 9.15. The number of nitrogens with two attached hydrogens (primary N) is 1. The first kappa shape index (κ1) is 20.6. The zero-order chi connectivity index (χ0) is 23.3. The molecule has 0 fully saturated rings. The number of para-hydroxylation sites is 2. The van der Waals surface area contributed by atoms with Crippen molar-refractivity contribution in [2.45, 2.75) is 31.6 Å².